The minimum atomic E-state index is -0.309. The van der Waals surface area contributed by atoms with E-state index in [0.29, 0.717) is 22.9 Å². The Morgan fingerprint density at radius 1 is 1.11 bits per heavy atom. The summed E-state index contributed by atoms with van der Waals surface area (Å²) in [5.41, 5.74) is 1.78. The fourth-order valence-corrected chi connectivity index (χ4v) is 3.74. The van der Waals surface area contributed by atoms with E-state index in [1.165, 1.54) is 0 Å². The number of methoxy groups -OCH3 is 1. The molecular formula is C27H33ClN4O3. The number of rotatable bonds is 9. The van der Waals surface area contributed by atoms with Crippen LogP contribution in [0.15, 0.2) is 54.6 Å². The standard InChI is InChI=1S/C27H33ClN4O3/c1-6-7-16-31(26(34)21-10-8-9-11-22(21)28)18-25(33)29-24-17-23(27(2,3)4)30-32(24)19-12-14-20(35-5)15-13-19/h8-15,17H,6-7,16,18H2,1-5H3,(H,29,33). The number of carbonyl (C=O) groups is 2. The highest BCUT2D eigenvalue weighted by atomic mass is 35.5. The van der Waals surface area contributed by atoms with Crippen LogP contribution >= 0.6 is 11.6 Å². The van der Waals surface area contributed by atoms with Gasteiger partial charge in [-0.2, -0.15) is 5.10 Å². The van der Waals surface area contributed by atoms with Gasteiger partial charge in [0.05, 0.1) is 29.1 Å². The number of nitrogens with one attached hydrogen (secondary N) is 1. The summed E-state index contributed by atoms with van der Waals surface area (Å²) in [7, 11) is 1.61. The zero-order chi connectivity index (χ0) is 25.6. The van der Waals surface area contributed by atoms with Gasteiger partial charge in [-0.3, -0.25) is 9.59 Å². The maximum atomic E-state index is 13.2. The number of benzene rings is 2. The van der Waals surface area contributed by atoms with Crippen molar-refractivity contribution in [2.45, 2.75) is 46.0 Å². The summed E-state index contributed by atoms with van der Waals surface area (Å²) in [6.07, 6.45) is 1.68. The fraction of sp³-hybridized carbons (Fsp3) is 0.370. The Labute approximate surface area is 212 Å². The van der Waals surface area contributed by atoms with E-state index in [4.69, 9.17) is 21.4 Å². The highest BCUT2D eigenvalue weighted by Crippen LogP contribution is 2.27. The number of carbonyl (C=O) groups excluding carboxylic acids is 2. The lowest BCUT2D eigenvalue weighted by Gasteiger charge is -2.22. The Morgan fingerprint density at radius 3 is 2.40 bits per heavy atom. The summed E-state index contributed by atoms with van der Waals surface area (Å²) in [6, 6.07) is 16.2. The number of hydrogen-bond acceptors (Lipinski definition) is 4. The van der Waals surface area contributed by atoms with E-state index in [0.717, 1.165) is 30.0 Å². The molecule has 3 aromatic rings. The van der Waals surface area contributed by atoms with Crippen molar-refractivity contribution < 1.29 is 14.3 Å². The minimum absolute atomic E-state index is 0.0945. The molecular weight excluding hydrogens is 464 g/mol. The second-order valence-electron chi connectivity index (χ2n) is 9.38. The van der Waals surface area contributed by atoms with Gasteiger partial charge >= 0.3 is 0 Å². The quantitative estimate of drug-likeness (QED) is 0.411. The van der Waals surface area contributed by atoms with Gasteiger partial charge in [-0.1, -0.05) is 57.8 Å². The van der Waals surface area contributed by atoms with Gasteiger partial charge < -0.3 is 15.0 Å². The normalized spacial score (nSPS) is 11.3. The van der Waals surface area contributed by atoms with Crippen LogP contribution in [0.2, 0.25) is 5.02 Å². The van der Waals surface area contributed by atoms with Crippen molar-refractivity contribution in [3.63, 3.8) is 0 Å². The Balaban J connectivity index is 1.87. The van der Waals surface area contributed by atoms with E-state index in [-0.39, 0.29) is 23.8 Å². The molecule has 1 heterocycles. The van der Waals surface area contributed by atoms with Crippen LogP contribution in [0.4, 0.5) is 5.82 Å². The van der Waals surface area contributed by atoms with Gasteiger partial charge in [0.25, 0.3) is 5.91 Å². The third-order valence-electron chi connectivity index (χ3n) is 5.57. The first-order chi connectivity index (χ1) is 16.6. The van der Waals surface area contributed by atoms with Crippen LogP contribution in [0.3, 0.4) is 0 Å². The van der Waals surface area contributed by atoms with Crippen molar-refractivity contribution in [2.75, 3.05) is 25.5 Å². The molecule has 0 aliphatic heterocycles. The maximum absolute atomic E-state index is 13.2. The molecule has 0 aliphatic rings. The Bertz CT molecular complexity index is 1170. The van der Waals surface area contributed by atoms with Crippen LogP contribution in [0, 0.1) is 0 Å². The van der Waals surface area contributed by atoms with Crippen LogP contribution in [-0.4, -0.2) is 46.7 Å². The molecule has 0 atom stereocenters. The maximum Gasteiger partial charge on any atom is 0.255 e. The monoisotopic (exact) mass is 496 g/mol. The van der Waals surface area contributed by atoms with E-state index >= 15 is 0 Å². The topological polar surface area (TPSA) is 76.5 Å². The average Bonchev–Trinajstić information content (AvgIpc) is 3.26. The molecule has 35 heavy (non-hydrogen) atoms. The zero-order valence-corrected chi connectivity index (χ0v) is 21.7. The molecule has 8 heteroatoms. The molecule has 0 fully saturated rings. The van der Waals surface area contributed by atoms with Gasteiger partial charge in [0.15, 0.2) is 0 Å². The molecule has 0 bridgehead atoms. The molecule has 0 saturated heterocycles. The van der Waals surface area contributed by atoms with Crippen LogP contribution < -0.4 is 10.1 Å². The lowest BCUT2D eigenvalue weighted by molar-refractivity contribution is -0.117. The molecule has 7 nitrogen and oxygen atoms in total. The van der Waals surface area contributed by atoms with Gasteiger partial charge in [0.2, 0.25) is 5.91 Å². The Kier molecular flexibility index (Phi) is 8.57. The van der Waals surface area contributed by atoms with Gasteiger partial charge in [-0.05, 0) is 42.8 Å². The fourth-order valence-electron chi connectivity index (χ4n) is 3.52. The highest BCUT2D eigenvalue weighted by molar-refractivity contribution is 6.33. The number of amides is 2. The molecule has 0 saturated carbocycles. The molecule has 0 aliphatic carbocycles. The number of anilines is 1. The molecule has 1 aromatic heterocycles. The molecule has 1 N–H and O–H groups in total. The van der Waals surface area contributed by atoms with Crippen molar-refractivity contribution >= 4 is 29.2 Å². The van der Waals surface area contributed by atoms with E-state index in [1.54, 1.807) is 41.0 Å². The largest absolute Gasteiger partial charge is 0.497 e. The molecule has 0 unspecified atom stereocenters. The van der Waals surface area contributed by atoms with Crippen molar-refractivity contribution in [3.05, 3.63) is 70.9 Å². The third-order valence-corrected chi connectivity index (χ3v) is 5.90. The van der Waals surface area contributed by atoms with Crippen molar-refractivity contribution in [2.24, 2.45) is 0 Å². The van der Waals surface area contributed by atoms with E-state index < -0.39 is 0 Å². The molecule has 2 amide bonds. The Morgan fingerprint density at radius 2 is 1.80 bits per heavy atom. The minimum Gasteiger partial charge on any atom is -0.497 e. The predicted octanol–water partition coefficient (Wildman–Crippen LogP) is 5.71. The van der Waals surface area contributed by atoms with Crippen LogP contribution in [0.1, 0.15) is 56.6 Å². The van der Waals surface area contributed by atoms with Crippen molar-refractivity contribution in [1.29, 1.82) is 0 Å². The first kappa shape index (κ1) is 26.3. The van der Waals surface area contributed by atoms with E-state index in [1.807, 2.05) is 37.3 Å². The Hall–Kier alpha value is -3.32. The number of aromatic nitrogens is 2. The van der Waals surface area contributed by atoms with Gasteiger partial charge in [0.1, 0.15) is 18.1 Å². The summed E-state index contributed by atoms with van der Waals surface area (Å²) >= 11 is 6.25. The lowest BCUT2D eigenvalue weighted by Crippen LogP contribution is -2.39. The van der Waals surface area contributed by atoms with Crippen molar-refractivity contribution in [1.82, 2.24) is 14.7 Å². The SMILES string of the molecule is CCCCN(CC(=O)Nc1cc(C(C)(C)C)nn1-c1ccc(OC)cc1)C(=O)c1ccccc1Cl. The molecule has 0 spiro atoms. The van der Waals surface area contributed by atoms with Crippen LogP contribution in [0.5, 0.6) is 5.75 Å². The van der Waals surface area contributed by atoms with Gasteiger partial charge in [-0.25, -0.2) is 4.68 Å². The molecule has 2 aromatic carbocycles. The third kappa shape index (κ3) is 6.63. The predicted molar refractivity (Wildman–Crippen MR) is 140 cm³/mol. The number of hydrogen-bond donors (Lipinski definition) is 1. The highest BCUT2D eigenvalue weighted by Gasteiger charge is 2.24. The van der Waals surface area contributed by atoms with Crippen LogP contribution in [-0.2, 0) is 10.2 Å². The van der Waals surface area contributed by atoms with E-state index in [2.05, 4.69) is 26.1 Å². The first-order valence-electron chi connectivity index (χ1n) is 11.7. The zero-order valence-electron chi connectivity index (χ0n) is 21.0. The average molecular weight is 497 g/mol. The summed E-state index contributed by atoms with van der Waals surface area (Å²) in [6.45, 7) is 8.59. The smallest absolute Gasteiger partial charge is 0.255 e. The molecule has 186 valence electrons. The number of unbranched alkanes of at least 4 members (excludes halogenated alkanes) is 1. The molecule has 0 radical (unpaired) electrons. The summed E-state index contributed by atoms with van der Waals surface area (Å²) < 4.78 is 6.95. The second-order valence-corrected chi connectivity index (χ2v) is 9.79. The number of nitrogens with zero attached hydrogens (tertiary/aromatic N) is 3. The number of ether oxygens (including phenoxy) is 1. The summed E-state index contributed by atoms with van der Waals surface area (Å²) in [4.78, 5) is 27.9. The van der Waals surface area contributed by atoms with Gasteiger partial charge in [0, 0.05) is 18.0 Å². The second kappa shape index (κ2) is 11.4. The van der Waals surface area contributed by atoms with Crippen molar-refractivity contribution in [3.8, 4) is 11.4 Å². The summed E-state index contributed by atoms with van der Waals surface area (Å²) in [5.74, 6) is 0.688. The first-order valence-corrected chi connectivity index (χ1v) is 12.1. The summed E-state index contributed by atoms with van der Waals surface area (Å²) in [5, 5.41) is 8.08. The van der Waals surface area contributed by atoms with Crippen LogP contribution in [0.25, 0.3) is 5.69 Å². The lowest BCUT2D eigenvalue weighted by atomic mass is 9.92. The van der Waals surface area contributed by atoms with E-state index in [9.17, 15) is 9.59 Å². The molecule has 3 rings (SSSR count). The van der Waals surface area contributed by atoms with Gasteiger partial charge in [-0.15, -0.1) is 0 Å². The number of halogens is 1.